The van der Waals surface area contributed by atoms with Crippen LogP contribution in [0.2, 0.25) is 0 Å². The minimum Gasteiger partial charge on any atom is -0.226 e. The van der Waals surface area contributed by atoms with E-state index in [1.807, 2.05) is 109 Å². The first kappa shape index (κ1) is 32.3. The van der Waals surface area contributed by atoms with Crippen molar-refractivity contribution in [1.82, 2.24) is 24.9 Å². The highest BCUT2D eigenvalue weighted by atomic mass is 32.1. The lowest BCUT2D eigenvalue weighted by atomic mass is 10.0. The first-order valence-corrected chi connectivity index (χ1v) is 18.7. The topological polar surface area (TPSA) is 64.5 Å². The average Bonchev–Trinajstić information content (AvgIpc) is 3.79. The van der Waals surface area contributed by atoms with E-state index in [-0.39, 0.29) is 0 Å². The lowest BCUT2D eigenvalue weighted by Crippen LogP contribution is -2.04. The second-order valence-electron chi connectivity index (χ2n) is 12.7. The number of halogens is 3. The molecule has 4 aromatic heterocycles. The lowest BCUT2D eigenvalue weighted by molar-refractivity contribution is -0.137. The van der Waals surface area contributed by atoms with E-state index in [1.165, 1.54) is 23.5 Å². The van der Waals surface area contributed by atoms with Crippen molar-refractivity contribution in [2.45, 2.75) is 6.18 Å². The molecule has 5 nitrogen and oxygen atoms in total. The smallest absolute Gasteiger partial charge is 0.226 e. The number of nitrogens with zero attached hydrogens (tertiary/aromatic N) is 5. The molecule has 0 N–H and O–H groups in total. The Morgan fingerprint density at radius 2 is 0.963 bits per heavy atom. The molecule has 0 radical (unpaired) electrons. The summed E-state index contributed by atoms with van der Waals surface area (Å²) in [6, 6.07) is 45.2. The van der Waals surface area contributed by atoms with Gasteiger partial charge in [-0.2, -0.15) is 13.2 Å². The van der Waals surface area contributed by atoms with Gasteiger partial charge in [0, 0.05) is 58.1 Å². The van der Waals surface area contributed by atoms with Crippen molar-refractivity contribution in [2.24, 2.45) is 0 Å². The molecule has 4 heterocycles. The van der Waals surface area contributed by atoms with Crippen LogP contribution < -0.4 is 0 Å². The number of rotatable bonds is 5. The molecule has 0 bridgehead atoms. The van der Waals surface area contributed by atoms with Gasteiger partial charge >= 0.3 is 6.18 Å². The third kappa shape index (κ3) is 5.50. The first-order valence-electron chi connectivity index (χ1n) is 17.1. The van der Waals surface area contributed by atoms with Crippen molar-refractivity contribution in [3.8, 4) is 56.8 Å². The molecule has 6 aromatic carbocycles. The van der Waals surface area contributed by atoms with Gasteiger partial charge in [0.05, 0.1) is 21.5 Å². The molecular formula is C44H24F3N5S2. The van der Waals surface area contributed by atoms with Crippen LogP contribution in [0.15, 0.2) is 146 Å². The van der Waals surface area contributed by atoms with E-state index in [2.05, 4.69) is 12.1 Å². The molecule has 0 saturated heterocycles. The molecular weight excluding hydrogens is 720 g/mol. The predicted octanol–water partition coefficient (Wildman–Crippen LogP) is 12.8. The number of hydrogen-bond donors (Lipinski definition) is 0. The number of fused-ring (bicyclic) bond motifs is 6. The molecule has 54 heavy (non-hydrogen) atoms. The Kier molecular flexibility index (Phi) is 7.57. The SMILES string of the molecule is FC(F)(F)c1ccc(-c2nc(-c3cccc4c3sc3cccc(-c5nc(-c6ccccc6)nc(-c6ccccc6)n5)c34)nc3c2sc2ccccc23)cc1. The molecule has 258 valence electrons. The van der Waals surface area contributed by atoms with Gasteiger partial charge in [0.2, 0.25) is 0 Å². The number of aromatic nitrogens is 5. The first-order chi connectivity index (χ1) is 26.4. The molecule has 0 amide bonds. The Balaban J connectivity index is 1.19. The van der Waals surface area contributed by atoms with Crippen LogP contribution in [0.1, 0.15) is 5.56 Å². The molecule has 0 aliphatic carbocycles. The third-order valence-corrected chi connectivity index (χ3v) is 11.8. The third-order valence-electron chi connectivity index (χ3n) is 9.41. The summed E-state index contributed by atoms with van der Waals surface area (Å²) in [5.41, 5.74) is 4.72. The van der Waals surface area contributed by atoms with E-state index in [0.717, 1.165) is 74.9 Å². The second kappa shape index (κ2) is 12.6. The average molecular weight is 744 g/mol. The molecule has 0 saturated carbocycles. The molecule has 0 unspecified atom stereocenters. The highest BCUT2D eigenvalue weighted by molar-refractivity contribution is 7.26. The number of hydrogen-bond acceptors (Lipinski definition) is 7. The van der Waals surface area contributed by atoms with Gasteiger partial charge in [0.1, 0.15) is 0 Å². The predicted molar refractivity (Wildman–Crippen MR) is 213 cm³/mol. The molecule has 0 spiro atoms. The Morgan fingerprint density at radius 1 is 0.407 bits per heavy atom. The summed E-state index contributed by atoms with van der Waals surface area (Å²) in [6.45, 7) is 0. The highest BCUT2D eigenvalue weighted by Gasteiger charge is 2.30. The Morgan fingerprint density at radius 3 is 1.67 bits per heavy atom. The van der Waals surface area contributed by atoms with Crippen molar-refractivity contribution in [1.29, 1.82) is 0 Å². The molecule has 0 fully saturated rings. The molecule has 10 rings (SSSR count). The van der Waals surface area contributed by atoms with Gasteiger partial charge in [0.15, 0.2) is 23.3 Å². The zero-order chi connectivity index (χ0) is 36.4. The van der Waals surface area contributed by atoms with Crippen LogP contribution in [-0.2, 0) is 6.18 Å². The van der Waals surface area contributed by atoms with Crippen molar-refractivity contribution < 1.29 is 13.2 Å². The number of benzene rings is 6. The fourth-order valence-corrected chi connectivity index (χ4v) is 9.25. The van der Waals surface area contributed by atoms with Gasteiger partial charge in [-0.1, -0.05) is 115 Å². The maximum absolute atomic E-state index is 13.5. The van der Waals surface area contributed by atoms with E-state index in [9.17, 15) is 13.2 Å². The maximum Gasteiger partial charge on any atom is 0.416 e. The molecule has 0 atom stereocenters. The fourth-order valence-electron chi connectivity index (χ4n) is 6.86. The van der Waals surface area contributed by atoms with E-state index < -0.39 is 11.7 Å². The van der Waals surface area contributed by atoms with E-state index in [1.54, 1.807) is 11.3 Å². The summed E-state index contributed by atoms with van der Waals surface area (Å²) in [6.07, 6.45) is -4.44. The van der Waals surface area contributed by atoms with Gasteiger partial charge in [-0.25, -0.2) is 24.9 Å². The normalized spacial score (nSPS) is 12.0. The van der Waals surface area contributed by atoms with Gasteiger partial charge in [0.25, 0.3) is 0 Å². The summed E-state index contributed by atoms with van der Waals surface area (Å²) >= 11 is 3.18. The van der Waals surface area contributed by atoms with E-state index in [4.69, 9.17) is 24.9 Å². The van der Waals surface area contributed by atoms with Crippen molar-refractivity contribution in [3.63, 3.8) is 0 Å². The highest BCUT2D eigenvalue weighted by Crippen LogP contribution is 2.45. The van der Waals surface area contributed by atoms with Crippen LogP contribution >= 0.6 is 22.7 Å². The van der Waals surface area contributed by atoms with Gasteiger partial charge in [-0.05, 0) is 30.3 Å². The van der Waals surface area contributed by atoms with Crippen LogP contribution in [0.5, 0.6) is 0 Å². The van der Waals surface area contributed by atoms with E-state index in [0.29, 0.717) is 34.6 Å². The zero-order valence-electron chi connectivity index (χ0n) is 28.0. The fraction of sp³-hybridized carbons (Fsp3) is 0.0227. The standard InChI is InChI=1S/C44H24F3N5S2/c45-44(46,47)28-23-21-25(22-24-28)36-39-37(29-15-7-8-19-33(29)53-39)49-43(48-36)32-18-9-16-30-35-31(17-10-20-34(35)54-38(30)32)42-51-40(26-11-3-1-4-12-26)50-41(52-42)27-13-5-2-6-14-27/h1-24H. The van der Waals surface area contributed by atoms with Crippen LogP contribution in [0.25, 0.3) is 97.3 Å². The van der Waals surface area contributed by atoms with Crippen LogP contribution in [0.3, 0.4) is 0 Å². The van der Waals surface area contributed by atoms with Crippen molar-refractivity contribution in [3.05, 3.63) is 151 Å². The second-order valence-corrected chi connectivity index (χ2v) is 14.9. The molecule has 0 aliphatic heterocycles. The zero-order valence-corrected chi connectivity index (χ0v) is 29.7. The van der Waals surface area contributed by atoms with Gasteiger partial charge < -0.3 is 0 Å². The Labute approximate surface area is 314 Å². The number of thiophene rings is 2. The Bertz CT molecular complexity index is 2970. The molecule has 10 aromatic rings. The van der Waals surface area contributed by atoms with E-state index >= 15 is 0 Å². The summed E-state index contributed by atoms with van der Waals surface area (Å²) in [5.74, 6) is 2.22. The lowest BCUT2D eigenvalue weighted by Gasteiger charge is -2.10. The minimum absolute atomic E-state index is 0.498. The van der Waals surface area contributed by atoms with Gasteiger partial charge in [-0.15, -0.1) is 22.7 Å². The molecule has 10 heteroatoms. The van der Waals surface area contributed by atoms with Crippen LogP contribution in [-0.4, -0.2) is 24.9 Å². The summed E-state index contributed by atoms with van der Waals surface area (Å²) in [7, 11) is 0. The van der Waals surface area contributed by atoms with Crippen LogP contribution in [0.4, 0.5) is 13.2 Å². The summed E-state index contributed by atoms with van der Waals surface area (Å²) < 4.78 is 44.5. The van der Waals surface area contributed by atoms with Crippen LogP contribution in [0, 0.1) is 0 Å². The monoisotopic (exact) mass is 743 g/mol. The summed E-state index contributed by atoms with van der Waals surface area (Å²) in [5, 5.41) is 2.98. The molecule has 0 aliphatic rings. The largest absolute Gasteiger partial charge is 0.416 e. The quantitative estimate of drug-likeness (QED) is 0.176. The Hall–Kier alpha value is -6.36. The van der Waals surface area contributed by atoms with Crippen molar-refractivity contribution in [2.75, 3.05) is 0 Å². The number of alkyl halides is 3. The van der Waals surface area contributed by atoms with Gasteiger partial charge in [-0.3, -0.25) is 0 Å². The maximum atomic E-state index is 13.5. The minimum atomic E-state index is -4.44. The van der Waals surface area contributed by atoms with Crippen molar-refractivity contribution >= 4 is 63.1 Å². The summed E-state index contributed by atoms with van der Waals surface area (Å²) in [4.78, 5) is 25.2.